The lowest BCUT2D eigenvalue weighted by Gasteiger charge is -2.21. The summed E-state index contributed by atoms with van der Waals surface area (Å²) in [4.78, 5) is 15.7. The minimum atomic E-state index is -0.527. The van der Waals surface area contributed by atoms with Crippen molar-refractivity contribution in [3.8, 4) is 28.5 Å². The first kappa shape index (κ1) is 20.1. The van der Waals surface area contributed by atoms with Gasteiger partial charge in [-0.25, -0.2) is 4.52 Å². The summed E-state index contributed by atoms with van der Waals surface area (Å²) in [5.41, 5.74) is 9.52. The maximum absolute atomic E-state index is 12.3. The number of carbonyl (C=O) groups excluding carboxylic acids is 1. The van der Waals surface area contributed by atoms with E-state index in [1.54, 1.807) is 11.6 Å². The topological polar surface area (TPSA) is 107 Å². The Labute approximate surface area is 185 Å². The second-order valence-corrected chi connectivity index (χ2v) is 7.87. The van der Waals surface area contributed by atoms with Gasteiger partial charge in [-0.15, -0.1) is 0 Å². The molecule has 8 nitrogen and oxygen atoms in total. The molecule has 3 heterocycles. The van der Waals surface area contributed by atoms with E-state index in [9.17, 15) is 4.79 Å². The smallest absolute Gasteiger partial charge is 0.269 e. The quantitative estimate of drug-likeness (QED) is 0.432. The third-order valence-corrected chi connectivity index (χ3v) is 5.94. The SMILES string of the molecule is COc1ccccc1Oc1ccc(-c2[nH]c3c(C4CCNCC4)cnn3c2C(N)=O)cc1. The van der Waals surface area contributed by atoms with Crippen LogP contribution in [0.1, 0.15) is 34.8 Å². The van der Waals surface area contributed by atoms with Crippen molar-refractivity contribution in [2.45, 2.75) is 18.8 Å². The molecular weight excluding hydrogens is 406 g/mol. The maximum atomic E-state index is 12.3. The van der Waals surface area contributed by atoms with Crippen molar-refractivity contribution in [2.24, 2.45) is 5.73 Å². The number of carbonyl (C=O) groups is 1. The molecule has 4 N–H and O–H groups in total. The number of benzene rings is 2. The lowest BCUT2D eigenvalue weighted by atomic mass is 9.92. The zero-order chi connectivity index (χ0) is 22.1. The summed E-state index contributed by atoms with van der Waals surface area (Å²) in [6.07, 6.45) is 3.93. The number of nitrogens with one attached hydrogen (secondary N) is 2. The Morgan fingerprint density at radius 3 is 2.50 bits per heavy atom. The van der Waals surface area contributed by atoms with Gasteiger partial charge in [0.15, 0.2) is 17.2 Å². The van der Waals surface area contributed by atoms with Crippen molar-refractivity contribution in [2.75, 3.05) is 20.2 Å². The minimum Gasteiger partial charge on any atom is -0.493 e. The summed E-state index contributed by atoms with van der Waals surface area (Å²) < 4.78 is 12.9. The highest BCUT2D eigenvalue weighted by Crippen LogP contribution is 2.34. The molecule has 1 aliphatic heterocycles. The predicted molar refractivity (Wildman–Crippen MR) is 121 cm³/mol. The van der Waals surface area contributed by atoms with Crippen molar-refractivity contribution in [3.05, 3.63) is 66.0 Å². The number of aromatic nitrogens is 3. The lowest BCUT2D eigenvalue weighted by Crippen LogP contribution is -2.26. The predicted octanol–water partition coefficient (Wildman–Crippen LogP) is 3.70. The average molecular weight is 431 g/mol. The molecule has 0 spiro atoms. The van der Waals surface area contributed by atoms with Crippen LogP contribution in [0.15, 0.2) is 54.7 Å². The number of ether oxygens (including phenoxy) is 2. The fourth-order valence-electron chi connectivity index (χ4n) is 4.33. The molecule has 1 aliphatic rings. The van der Waals surface area contributed by atoms with Crippen molar-refractivity contribution in [1.29, 1.82) is 0 Å². The van der Waals surface area contributed by atoms with Crippen molar-refractivity contribution in [1.82, 2.24) is 19.9 Å². The molecule has 4 aromatic rings. The number of fused-ring (bicyclic) bond motifs is 1. The van der Waals surface area contributed by atoms with Crippen LogP contribution in [0.3, 0.4) is 0 Å². The van der Waals surface area contributed by atoms with Crippen LogP contribution >= 0.6 is 0 Å². The van der Waals surface area contributed by atoms with Gasteiger partial charge in [-0.1, -0.05) is 12.1 Å². The molecule has 2 aromatic carbocycles. The van der Waals surface area contributed by atoms with Gasteiger partial charge >= 0.3 is 0 Å². The zero-order valence-corrected chi connectivity index (χ0v) is 17.8. The van der Waals surface area contributed by atoms with Gasteiger partial charge in [-0.05, 0) is 68.2 Å². The minimum absolute atomic E-state index is 0.346. The van der Waals surface area contributed by atoms with Gasteiger partial charge in [0, 0.05) is 11.1 Å². The summed E-state index contributed by atoms with van der Waals surface area (Å²) in [6.45, 7) is 1.96. The molecule has 0 bridgehead atoms. The third kappa shape index (κ3) is 3.58. The number of primary amides is 1. The number of nitrogens with two attached hydrogens (primary N) is 1. The van der Waals surface area contributed by atoms with Gasteiger partial charge in [0.05, 0.1) is 19.0 Å². The van der Waals surface area contributed by atoms with E-state index in [2.05, 4.69) is 15.4 Å². The van der Waals surface area contributed by atoms with Gasteiger partial charge in [-0.3, -0.25) is 4.79 Å². The van der Waals surface area contributed by atoms with Crippen molar-refractivity contribution < 1.29 is 14.3 Å². The number of amides is 1. The van der Waals surface area contributed by atoms with Crippen LogP contribution in [0.2, 0.25) is 0 Å². The molecule has 0 atom stereocenters. The fourth-order valence-corrected chi connectivity index (χ4v) is 4.33. The summed E-state index contributed by atoms with van der Waals surface area (Å²) in [5.74, 6) is 1.82. The Bertz CT molecular complexity index is 1250. The van der Waals surface area contributed by atoms with E-state index in [1.807, 2.05) is 54.7 Å². The highest BCUT2D eigenvalue weighted by Gasteiger charge is 2.25. The average Bonchev–Trinajstić information content (AvgIpc) is 3.40. The number of rotatable bonds is 6. The van der Waals surface area contributed by atoms with Crippen LogP contribution in [-0.2, 0) is 0 Å². The van der Waals surface area contributed by atoms with E-state index >= 15 is 0 Å². The standard InChI is InChI=1S/C24H25N5O3/c1-31-19-4-2-3-5-20(19)32-17-8-6-16(7-9-17)21-22(23(25)30)29-24(28-21)18(14-27-29)15-10-12-26-13-11-15/h2-9,14-15,26,28H,10-13H2,1H3,(H2,25,30). The highest BCUT2D eigenvalue weighted by molar-refractivity contribution is 5.98. The van der Waals surface area contributed by atoms with Crippen LogP contribution in [0.5, 0.6) is 17.2 Å². The molecular formula is C24H25N5O3. The Hall–Kier alpha value is -3.78. The number of aromatic amines is 1. The molecule has 1 amide bonds. The van der Waals surface area contributed by atoms with Crippen molar-refractivity contribution >= 4 is 11.6 Å². The normalized spacial score (nSPS) is 14.5. The van der Waals surface area contributed by atoms with E-state index in [0.717, 1.165) is 42.7 Å². The molecule has 1 fully saturated rings. The summed E-state index contributed by atoms with van der Waals surface area (Å²) in [7, 11) is 1.61. The monoisotopic (exact) mass is 431 g/mol. The van der Waals surface area contributed by atoms with Gasteiger partial charge in [0.2, 0.25) is 0 Å². The summed E-state index contributed by atoms with van der Waals surface area (Å²) in [5, 5.41) is 7.86. The number of hydrogen-bond donors (Lipinski definition) is 3. The van der Waals surface area contributed by atoms with E-state index in [-0.39, 0.29) is 0 Å². The molecule has 0 radical (unpaired) electrons. The number of para-hydroxylation sites is 2. The number of imidazole rings is 1. The first-order chi connectivity index (χ1) is 15.7. The summed E-state index contributed by atoms with van der Waals surface area (Å²) in [6, 6.07) is 15.0. The highest BCUT2D eigenvalue weighted by atomic mass is 16.5. The van der Waals surface area contributed by atoms with Crippen LogP contribution in [0, 0.1) is 0 Å². The van der Waals surface area contributed by atoms with Crippen LogP contribution in [0.4, 0.5) is 0 Å². The van der Waals surface area contributed by atoms with E-state index in [0.29, 0.717) is 34.6 Å². The first-order valence-corrected chi connectivity index (χ1v) is 10.7. The second-order valence-electron chi connectivity index (χ2n) is 7.87. The maximum Gasteiger partial charge on any atom is 0.269 e. The number of piperidine rings is 1. The Morgan fingerprint density at radius 1 is 1.09 bits per heavy atom. The number of H-pyrrole nitrogens is 1. The third-order valence-electron chi connectivity index (χ3n) is 5.94. The van der Waals surface area contributed by atoms with Gasteiger partial charge in [0.25, 0.3) is 5.91 Å². The number of methoxy groups -OCH3 is 1. The lowest BCUT2D eigenvalue weighted by molar-refractivity contribution is 0.0994. The Morgan fingerprint density at radius 2 is 1.81 bits per heavy atom. The molecule has 1 saturated heterocycles. The zero-order valence-electron chi connectivity index (χ0n) is 17.8. The second kappa shape index (κ2) is 8.39. The molecule has 2 aromatic heterocycles. The number of hydrogen-bond acceptors (Lipinski definition) is 5. The van der Waals surface area contributed by atoms with E-state index < -0.39 is 5.91 Å². The van der Waals surface area contributed by atoms with E-state index in [4.69, 9.17) is 15.2 Å². The van der Waals surface area contributed by atoms with Crippen LogP contribution in [0.25, 0.3) is 16.9 Å². The molecule has 0 unspecified atom stereocenters. The van der Waals surface area contributed by atoms with Crippen molar-refractivity contribution in [3.63, 3.8) is 0 Å². The van der Waals surface area contributed by atoms with Gasteiger partial charge < -0.3 is 25.5 Å². The fraction of sp³-hybridized carbons (Fsp3) is 0.250. The van der Waals surface area contributed by atoms with Crippen LogP contribution < -0.4 is 20.5 Å². The van der Waals surface area contributed by atoms with Gasteiger partial charge in [0.1, 0.15) is 11.4 Å². The first-order valence-electron chi connectivity index (χ1n) is 10.7. The van der Waals surface area contributed by atoms with E-state index in [1.165, 1.54) is 0 Å². The largest absolute Gasteiger partial charge is 0.493 e. The molecule has 8 heteroatoms. The molecule has 164 valence electrons. The Kier molecular flexibility index (Phi) is 5.28. The molecule has 5 rings (SSSR count). The van der Waals surface area contributed by atoms with Gasteiger partial charge in [-0.2, -0.15) is 5.10 Å². The number of nitrogens with zero attached hydrogens (tertiary/aromatic N) is 2. The summed E-state index contributed by atoms with van der Waals surface area (Å²) >= 11 is 0. The molecule has 32 heavy (non-hydrogen) atoms. The molecule has 0 saturated carbocycles. The molecule has 0 aliphatic carbocycles. The Balaban J connectivity index is 1.49. The van der Waals surface area contributed by atoms with Crippen LogP contribution in [-0.4, -0.2) is 40.7 Å².